The third-order valence-corrected chi connectivity index (χ3v) is 3.82. The molecule has 2 rings (SSSR count). The quantitative estimate of drug-likeness (QED) is 0.707. The average molecular weight is 370 g/mol. The van der Waals surface area contributed by atoms with Crippen molar-refractivity contribution in [3.05, 3.63) is 41.3 Å². The highest BCUT2D eigenvalue weighted by Gasteiger charge is 2.22. The summed E-state index contributed by atoms with van der Waals surface area (Å²) in [5, 5.41) is 0.160. The van der Waals surface area contributed by atoms with Crippen molar-refractivity contribution in [1.29, 1.82) is 0 Å². The monoisotopic (exact) mass is 369 g/mol. The number of nitrogens with zero attached hydrogens (tertiary/aromatic N) is 2. The van der Waals surface area contributed by atoms with Gasteiger partial charge in [-0.05, 0) is 43.5 Å². The van der Waals surface area contributed by atoms with Crippen molar-refractivity contribution in [3.63, 3.8) is 0 Å². The zero-order valence-electron chi connectivity index (χ0n) is 14.5. The third-order valence-electron chi connectivity index (χ3n) is 3.55. The summed E-state index contributed by atoms with van der Waals surface area (Å²) in [4.78, 5) is 7.87. The summed E-state index contributed by atoms with van der Waals surface area (Å²) >= 11 is 6.18. The first-order chi connectivity index (χ1) is 11.7. The minimum Gasteiger partial charge on any atom is -0.488 e. The van der Waals surface area contributed by atoms with Gasteiger partial charge >= 0.3 is 0 Å². The van der Waals surface area contributed by atoms with E-state index in [1.807, 2.05) is 6.92 Å². The topological polar surface area (TPSA) is 61.0 Å². The molecule has 2 N–H and O–H groups in total. The summed E-state index contributed by atoms with van der Waals surface area (Å²) < 4.78 is 31.2. The van der Waals surface area contributed by atoms with Crippen LogP contribution < -0.4 is 10.5 Å². The molecule has 0 spiro atoms. The van der Waals surface area contributed by atoms with E-state index in [4.69, 9.17) is 22.1 Å². The number of halogens is 3. The molecule has 1 unspecified atom stereocenters. The van der Waals surface area contributed by atoms with E-state index in [1.165, 1.54) is 12.3 Å². The lowest BCUT2D eigenvalue weighted by molar-refractivity contribution is 0.146. The molecule has 0 aromatic carbocycles. The maximum Gasteiger partial charge on any atom is 0.280 e. The molecule has 0 amide bonds. The van der Waals surface area contributed by atoms with Gasteiger partial charge in [0.15, 0.2) is 10.9 Å². The zero-order valence-corrected chi connectivity index (χ0v) is 15.2. The van der Waals surface area contributed by atoms with Crippen LogP contribution in [0.2, 0.25) is 5.15 Å². The number of nitrogens with two attached hydrogens (primary N) is 1. The number of rotatable bonds is 7. The summed E-state index contributed by atoms with van der Waals surface area (Å²) in [6.07, 6.45) is -0.507. The number of ether oxygens (including phenoxy) is 1. The van der Waals surface area contributed by atoms with Crippen molar-refractivity contribution in [2.24, 2.45) is 11.7 Å². The van der Waals surface area contributed by atoms with Gasteiger partial charge in [-0.3, -0.25) is 4.98 Å². The number of pyridine rings is 2. The van der Waals surface area contributed by atoms with Crippen molar-refractivity contribution in [1.82, 2.24) is 9.97 Å². The first-order valence-electron chi connectivity index (χ1n) is 8.00. The molecule has 0 bridgehead atoms. The van der Waals surface area contributed by atoms with Crippen molar-refractivity contribution < 1.29 is 13.5 Å². The molecule has 2 heterocycles. The summed E-state index contributed by atoms with van der Waals surface area (Å²) in [6.45, 7) is 6.41. The van der Waals surface area contributed by atoms with E-state index in [0.717, 1.165) is 6.42 Å². The first-order valence-corrected chi connectivity index (χ1v) is 8.38. The number of hydrogen-bond donors (Lipinski definition) is 1. The van der Waals surface area contributed by atoms with Crippen LogP contribution in [0.25, 0.3) is 11.3 Å². The highest BCUT2D eigenvalue weighted by Crippen LogP contribution is 2.29. The standard InChI is InChI=1S/C18H22ClF2N3O/c1-11(2)9-18(3,22)10-25-15-5-4-13(24-16(15)19)12-6-7-23-14(8-12)17(20)21/h4-8,11,17H,9-10,22H2,1-3H3. The molecule has 0 aliphatic heterocycles. The summed E-state index contributed by atoms with van der Waals surface area (Å²) in [6, 6.07) is 6.23. The molecule has 2 aromatic heterocycles. The van der Waals surface area contributed by atoms with E-state index in [2.05, 4.69) is 23.8 Å². The van der Waals surface area contributed by atoms with Crippen LogP contribution >= 0.6 is 11.6 Å². The Balaban J connectivity index is 2.14. The Morgan fingerprint density at radius 3 is 2.60 bits per heavy atom. The molecule has 0 radical (unpaired) electrons. The largest absolute Gasteiger partial charge is 0.488 e. The van der Waals surface area contributed by atoms with Gasteiger partial charge in [-0.15, -0.1) is 0 Å². The van der Waals surface area contributed by atoms with Gasteiger partial charge < -0.3 is 10.5 Å². The van der Waals surface area contributed by atoms with Gasteiger partial charge in [0.1, 0.15) is 12.3 Å². The average Bonchev–Trinajstić information content (AvgIpc) is 2.52. The van der Waals surface area contributed by atoms with E-state index >= 15 is 0 Å². The summed E-state index contributed by atoms with van der Waals surface area (Å²) in [5.41, 5.74) is 6.42. The van der Waals surface area contributed by atoms with Gasteiger partial charge in [-0.1, -0.05) is 25.4 Å². The van der Waals surface area contributed by atoms with E-state index in [0.29, 0.717) is 29.5 Å². The Bertz CT molecular complexity index is 723. The predicted molar refractivity (Wildman–Crippen MR) is 95.0 cm³/mol. The van der Waals surface area contributed by atoms with Crippen LogP contribution in [0.3, 0.4) is 0 Å². The molecule has 0 aliphatic rings. The molecule has 0 fully saturated rings. The lowest BCUT2D eigenvalue weighted by Gasteiger charge is -2.26. The molecule has 0 saturated heterocycles. The van der Waals surface area contributed by atoms with Crippen LogP contribution in [-0.4, -0.2) is 22.1 Å². The fourth-order valence-electron chi connectivity index (χ4n) is 2.65. The van der Waals surface area contributed by atoms with Gasteiger partial charge in [0.25, 0.3) is 6.43 Å². The van der Waals surface area contributed by atoms with Gasteiger partial charge in [0, 0.05) is 17.3 Å². The second kappa shape index (κ2) is 8.06. The molecule has 4 nitrogen and oxygen atoms in total. The molecule has 0 aliphatic carbocycles. The van der Waals surface area contributed by atoms with E-state index in [-0.39, 0.29) is 10.8 Å². The van der Waals surface area contributed by atoms with Gasteiger partial charge in [0.2, 0.25) is 0 Å². The lowest BCUT2D eigenvalue weighted by atomic mass is 9.93. The van der Waals surface area contributed by atoms with Gasteiger partial charge in [-0.25, -0.2) is 13.8 Å². The van der Waals surface area contributed by atoms with Gasteiger partial charge in [-0.2, -0.15) is 0 Å². The van der Waals surface area contributed by atoms with E-state index in [9.17, 15) is 8.78 Å². The number of aromatic nitrogens is 2. The Kier molecular flexibility index (Phi) is 6.30. The SMILES string of the molecule is CC(C)CC(C)(N)COc1ccc(-c2ccnc(C(F)F)c2)nc1Cl. The van der Waals surface area contributed by atoms with Crippen LogP contribution in [0.1, 0.15) is 39.3 Å². The van der Waals surface area contributed by atoms with Crippen LogP contribution in [0.5, 0.6) is 5.75 Å². The Morgan fingerprint density at radius 1 is 1.28 bits per heavy atom. The predicted octanol–water partition coefficient (Wildman–Crippen LogP) is 4.88. The maximum atomic E-state index is 12.8. The summed E-state index contributed by atoms with van der Waals surface area (Å²) in [7, 11) is 0. The molecule has 1 atom stereocenters. The number of alkyl halides is 2. The highest BCUT2D eigenvalue weighted by molar-refractivity contribution is 6.30. The van der Waals surface area contributed by atoms with Gasteiger partial charge in [0.05, 0.1) is 5.69 Å². The molecular formula is C18H22ClF2N3O. The zero-order chi connectivity index (χ0) is 18.6. The Morgan fingerprint density at radius 2 is 2.00 bits per heavy atom. The van der Waals surface area contributed by atoms with Crippen molar-refractivity contribution in [2.75, 3.05) is 6.61 Å². The van der Waals surface area contributed by atoms with Crippen LogP contribution in [0.4, 0.5) is 8.78 Å². The summed E-state index contributed by atoms with van der Waals surface area (Å²) in [5.74, 6) is 0.860. The Hall–Kier alpha value is -1.79. The molecule has 2 aromatic rings. The van der Waals surface area contributed by atoms with Crippen LogP contribution in [0, 0.1) is 5.92 Å². The third kappa shape index (κ3) is 5.61. The van der Waals surface area contributed by atoms with Crippen molar-refractivity contribution >= 4 is 11.6 Å². The second-order valence-electron chi connectivity index (χ2n) is 6.80. The molecule has 7 heteroatoms. The fraction of sp³-hybridized carbons (Fsp3) is 0.444. The van der Waals surface area contributed by atoms with E-state index < -0.39 is 12.0 Å². The van der Waals surface area contributed by atoms with Crippen molar-refractivity contribution in [2.45, 2.75) is 39.2 Å². The first kappa shape index (κ1) is 19.5. The number of hydrogen-bond acceptors (Lipinski definition) is 4. The molecule has 0 saturated carbocycles. The van der Waals surface area contributed by atoms with Crippen molar-refractivity contribution in [3.8, 4) is 17.0 Å². The highest BCUT2D eigenvalue weighted by atomic mass is 35.5. The van der Waals surface area contributed by atoms with E-state index in [1.54, 1.807) is 18.2 Å². The molecule has 136 valence electrons. The normalized spacial score (nSPS) is 14.0. The molecular weight excluding hydrogens is 348 g/mol. The minimum atomic E-state index is -2.64. The lowest BCUT2D eigenvalue weighted by Crippen LogP contribution is -2.43. The second-order valence-corrected chi connectivity index (χ2v) is 7.15. The Labute approximate surface area is 151 Å². The van der Waals surface area contributed by atoms with Crippen LogP contribution in [-0.2, 0) is 0 Å². The molecule has 25 heavy (non-hydrogen) atoms. The maximum absolute atomic E-state index is 12.8. The van der Waals surface area contributed by atoms with Crippen LogP contribution in [0.15, 0.2) is 30.5 Å². The smallest absolute Gasteiger partial charge is 0.280 e. The minimum absolute atomic E-state index is 0.160. The fourth-order valence-corrected chi connectivity index (χ4v) is 2.86.